The van der Waals surface area contributed by atoms with Gasteiger partial charge in [-0.05, 0) is 13.3 Å². The van der Waals surface area contributed by atoms with E-state index in [2.05, 4.69) is 0 Å². The van der Waals surface area contributed by atoms with E-state index >= 15 is 0 Å². The van der Waals surface area contributed by atoms with Crippen LogP contribution in [0.1, 0.15) is 20.3 Å². The van der Waals surface area contributed by atoms with Crippen LogP contribution in [0.3, 0.4) is 0 Å². The van der Waals surface area contributed by atoms with Crippen molar-refractivity contribution in [3.05, 3.63) is 0 Å². The number of carboxylic acids is 2. The summed E-state index contributed by atoms with van der Waals surface area (Å²) in [5.41, 5.74) is 0. The second-order valence-corrected chi connectivity index (χ2v) is 2.96. The fourth-order valence-electron chi connectivity index (χ4n) is 1.30. The van der Waals surface area contributed by atoms with Crippen molar-refractivity contribution in [2.75, 3.05) is 0 Å². The summed E-state index contributed by atoms with van der Waals surface area (Å²) in [6.07, 6.45) is -0.962. The molecule has 0 spiro atoms. The first-order valence-electron chi connectivity index (χ1n) is 4.05. The lowest BCUT2D eigenvalue weighted by atomic mass is 9.86. The first kappa shape index (κ1) is 11.9. The predicted octanol–water partition coefficient (Wildman–Crippen LogP) is 0.179. The highest BCUT2D eigenvalue weighted by atomic mass is 16.4. The lowest BCUT2D eigenvalue weighted by Gasteiger charge is -2.21. The van der Waals surface area contributed by atoms with Crippen molar-refractivity contribution in [2.45, 2.75) is 26.4 Å². The van der Waals surface area contributed by atoms with E-state index in [1.165, 1.54) is 6.92 Å². The van der Waals surface area contributed by atoms with Gasteiger partial charge < -0.3 is 15.3 Å². The highest BCUT2D eigenvalue weighted by molar-refractivity contribution is 5.80. The standard InChI is InChI=1S/C8H14O5/c1-3-5(7(10)11)6(4(2)9)8(12)13/h4-6,9H,3H2,1-2H3,(H,10,11)(H,12,13). The maximum absolute atomic E-state index is 10.6. The SMILES string of the molecule is CCC(C(=O)O)C(C(=O)O)C(C)O. The van der Waals surface area contributed by atoms with E-state index in [0.29, 0.717) is 0 Å². The molecular formula is C8H14O5. The van der Waals surface area contributed by atoms with E-state index in [4.69, 9.17) is 15.3 Å². The molecule has 13 heavy (non-hydrogen) atoms. The smallest absolute Gasteiger partial charge is 0.310 e. The van der Waals surface area contributed by atoms with Crippen molar-refractivity contribution >= 4 is 11.9 Å². The van der Waals surface area contributed by atoms with Crippen LogP contribution >= 0.6 is 0 Å². The first-order chi connectivity index (χ1) is 5.91. The molecule has 3 N–H and O–H groups in total. The van der Waals surface area contributed by atoms with Crippen molar-refractivity contribution in [2.24, 2.45) is 11.8 Å². The van der Waals surface area contributed by atoms with E-state index in [0.717, 1.165) is 0 Å². The van der Waals surface area contributed by atoms with E-state index in [1.807, 2.05) is 0 Å². The quantitative estimate of drug-likeness (QED) is 0.574. The zero-order valence-electron chi connectivity index (χ0n) is 7.60. The molecule has 5 nitrogen and oxygen atoms in total. The van der Waals surface area contributed by atoms with Gasteiger partial charge in [0.1, 0.15) is 0 Å². The molecule has 0 bridgehead atoms. The third kappa shape index (κ3) is 3.02. The van der Waals surface area contributed by atoms with E-state index < -0.39 is 29.9 Å². The number of aliphatic hydroxyl groups is 1. The average Bonchev–Trinajstić information content (AvgIpc) is 1.97. The molecule has 0 aromatic heterocycles. The average molecular weight is 190 g/mol. The molecule has 0 fully saturated rings. The molecular weight excluding hydrogens is 176 g/mol. The normalized spacial score (nSPS) is 17.5. The van der Waals surface area contributed by atoms with Gasteiger partial charge >= 0.3 is 11.9 Å². The lowest BCUT2D eigenvalue weighted by Crippen LogP contribution is -2.36. The van der Waals surface area contributed by atoms with Crippen molar-refractivity contribution in [1.82, 2.24) is 0 Å². The Kier molecular flexibility index (Phi) is 4.40. The summed E-state index contributed by atoms with van der Waals surface area (Å²) in [4.78, 5) is 21.2. The van der Waals surface area contributed by atoms with Crippen LogP contribution in [-0.4, -0.2) is 33.4 Å². The maximum Gasteiger partial charge on any atom is 0.310 e. The minimum atomic E-state index is -1.27. The summed E-state index contributed by atoms with van der Waals surface area (Å²) >= 11 is 0. The summed E-state index contributed by atoms with van der Waals surface area (Å²) in [5, 5.41) is 26.4. The number of carboxylic acid groups (broad SMARTS) is 2. The molecule has 0 aromatic rings. The van der Waals surface area contributed by atoms with E-state index in [-0.39, 0.29) is 6.42 Å². The van der Waals surface area contributed by atoms with E-state index in [9.17, 15) is 9.59 Å². The van der Waals surface area contributed by atoms with Gasteiger partial charge in [-0.15, -0.1) is 0 Å². The molecule has 76 valence electrons. The second kappa shape index (κ2) is 4.81. The molecule has 0 saturated carbocycles. The van der Waals surface area contributed by atoms with Gasteiger partial charge in [0.25, 0.3) is 0 Å². The minimum absolute atomic E-state index is 0.192. The molecule has 0 rings (SSSR count). The Labute approximate surface area is 76.0 Å². The number of hydrogen-bond donors (Lipinski definition) is 3. The largest absolute Gasteiger partial charge is 0.481 e. The fraction of sp³-hybridized carbons (Fsp3) is 0.750. The van der Waals surface area contributed by atoms with Gasteiger partial charge in [-0.2, -0.15) is 0 Å². The zero-order chi connectivity index (χ0) is 10.6. The molecule has 0 heterocycles. The maximum atomic E-state index is 10.6. The molecule has 0 aliphatic rings. The van der Waals surface area contributed by atoms with Crippen molar-refractivity contribution in [1.29, 1.82) is 0 Å². The van der Waals surface area contributed by atoms with Crippen molar-refractivity contribution in [3.8, 4) is 0 Å². The lowest BCUT2D eigenvalue weighted by molar-refractivity contribution is -0.158. The van der Waals surface area contributed by atoms with Crippen LogP contribution in [0, 0.1) is 11.8 Å². The highest BCUT2D eigenvalue weighted by Gasteiger charge is 2.35. The molecule has 0 aliphatic heterocycles. The first-order valence-corrected chi connectivity index (χ1v) is 4.05. The number of aliphatic carboxylic acids is 2. The third-order valence-corrected chi connectivity index (χ3v) is 2.00. The molecule has 3 unspecified atom stereocenters. The monoisotopic (exact) mass is 190 g/mol. The number of aliphatic hydroxyl groups excluding tert-OH is 1. The Hall–Kier alpha value is -1.10. The summed E-state index contributed by atoms with van der Waals surface area (Å²) in [7, 11) is 0. The summed E-state index contributed by atoms with van der Waals surface area (Å²) in [5.74, 6) is -4.72. The van der Waals surface area contributed by atoms with Crippen LogP contribution in [0.5, 0.6) is 0 Å². The Morgan fingerprint density at radius 2 is 1.69 bits per heavy atom. The Balaban J connectivity index is 4.69. The van der Waals surface area contributed by atoms with Gasteiger partial charge in [0, 0.05) is 0 Å². The van der Waals surface area contributed by atoms with Crippen molar-refractivity contribution in [3.63, 3.8) is 0 Å². The van der Waals surface area contributed by atoms with Gasteiger partial charge in [-0.3, -0.25) is 9.59 Å². The summed E-state index contributed by atoms with van der Waals surface area (Å²) in [6, 6.07) is 0. The number of hydrogen-bond acceptors (Lipinski definition) is 3. The van der Waals surface area contributed by atoms with E-state index in [1.54, 1.807) is 6.92 Å². The van der Waals surface area contributed by atoms with Gasteiger partial charge in [-0.25, -0.2) is 0 Å². The van der Waals surface area contributed by atoms with Crippen LogP contribution in [0.25, 0.3) is 0 Å². The molecule has 0 aromatic carbocycles. The van der Waals surface area contributed by atoms with Crippen LogP contribution in [0.4, 0.5) is 0 Å². The Bertz CT molecular complexity index is 199. The molecule has 0 amide bonds. The Morgan fingerprint density at radius 3 is 1.77 bits per heavy atom. The molecule has 0 saturated heterocycles. The number of rotatable bonds is 5. The van der Waals surface area contributed by atoms with Crippen molar-refractivity contribution < 1.29 is 24.9 Å². The highest BCUT2D eigenvalue weighted by Crippen LogP contribution is 2.20. The fourth-order valence-corrected chi connectivity index (χ4v) is 1.30. The van der Waals surface area contributed by atoms with Crippen LogP contribution in [0.2, 0.25) is 0 Å². The predicted molar refractivity (Wildman–Crippen MR) is 44.2 cm³/mol. The second-order valence-electron chi connectivity index (χ2n) is 2.96. The zero-order valence-corrected chi connectivity index (χ0v) is 7.60. The summed E-state index contributed by atoms with van der Waals surface area (Å²) < 4.78 is 0. The van der Waals surface area contributed by atoms with Gasteiger partial charge in [0.15, 0.2) is 0 Å². The van der Waals surface area contributed by atoms with Gasteiger partial charge in [0.2, 0.25) is 0 Å². The van der Waals surface area contributed by atoms with Crippen LogP contribution in [-0.2, 0) is 9.59 Å². The van der Waals surface area contributed by atoms with Gasteiger partial charge in [-0.1, -0.05) is 6.92 Å². The summed E-state index contributed by atoms with van der Waals surface area (Å²) in [6.45, 7) is 2.86. The topological polar surface area (TPSA) is 94.8 Å². The number of carbonyl (C=O) groups is 2. The Morgan fingerprint density at radius 1 is 1.23 bits per heavy atom. The van der Waals surface area contributed by atoms with Gasteiger partial charge in [0.05, 0.1) is 17.9 Å². The third-order valence-electron chi connectivity index (χ3n) is 2.00. The molecule has 3 atom stereocenters. The molecule has 0 aliphatic carbocycles. The molecule has 5 heteroatoms. The molecule has 0 radical (unpaired) electrons. The minimum Gasteiger partial charge on any atom is -0.481 e. The van der Waals surface area contributed by atoms with Crippen LogP contribution in [0.15, 0.2) is 0 Å². The van der Waals surface area contributed by atoms with Crippen LogP contribution < -0.4 is 0 Å².